The van der Waals surface area contributed by atoms with Crippen molar-refractivity contribution in [2.75, 3.05) is 5.32 Å². The summed E-state index contributed by atoms with van der Waals surface area (Å²) in [6, 6.07) is 9.20. The van der Waals surface area contributed by atoms with Crippen molar-refractivity contribution in [3.8, 4) is 11.1 Å². The van der Waals surface area contributed by atoms with Gasteiger partial charge >= 0.3 is 18.5 Å². The van der Waals surface area contributed by atoms with E-state index in [1.165, 1.54) is 31.2 Å². The standard InChI is InChI=1S/C28H24F9NO/c1-15(2)10-23(16(3)39)19-11-18(17-4-6-20(7-5-17)26(29,30)31)12-22(13-19)38-25-14-21(27(32,33)34)8-9-24(25)28(35,36)37/h4-9,11-15,23,38H,10H2,1-3H3. The van der Waals surface area contributed by atoms with Crippen molar-refractivity contribution in [3.63, 3.8) is 0 Å². The zero-order valence-corrected chi connectivity index (χ0v) is 20.9. The highest BCUT2D eigenvalue weighted by Crippen LogP contribution is 2.41. The van der Waals surface area contributed by atoms with Crippen molar-refractivity contribution < 1.29 is 44.3 Å². The third-order valence-corrected chi connectivity index (χ3v) is 6.03. The fourth-order valence-corrected chi connectivity index (χ4v) is 4.18. The summed E-state index contributed by atoms with van der Waals surface area (Å²) in [6.45, 7) is 5.04. The smallest absolute Gasteiger partial charge is 0.355 e. The van der Waals surface area contributed by atoms with Gasteiger partial charge in [0.1, 0.15) is 5.78 Å². The molecule has 0 aliphatic carbocycles. The number of anilines is 2. The largest absolute Gasteiger partial charge is 0.418 e. The molecule has 0 radical (unpaired) electrons. The van der Waals surface area contributed by atoms with Crippen LogP contribution in [0.1, 0.15) is 55.4 Å². The Morgan fingerprint density at radius 1 is 0.718 bits per heavy atom. The highest BCUT2D eigenvalue weighted by atomic mass is 19.4. The lowest BCUT2D eigenvalue weighted by molar-refractivity contribution is -0.140. The molecular weight excluding hydrogens is 537 g/mol. The first kappa shape index (κ1) is 30.0. The lowest BCUT2D eigenvalue weighted by atomic mass is 9.85. The molecule has 0 aliphatic heterocycles. The summed E-state index contributed by atoms with van der Waals surface area (Å²) in [4.78, 5) is 12.5. The van der Waals surface area contributed by atoms with Gasteiger partial charge in [-0.2, -0.15) is 39.5 Å². The van der Waals surface area contributed by atoms with Crippen LogP contribution in [0.4, 0.5) is 50.9 Å². The van der Waals surface area contributed by atoms with Crippen molar-refractivity contribution >= 4 is 17.2 Å². The normalized spacial score (nSPS) is 13.5. The van der Waals surface area contributed by atoms with Crippen LogP contribution in [0.2, 0.25) is 0 Å². The van der Waals surface area contributed by atoms with E-state index in [1.54, 1.807) is 6.07 Å². The Labute approximate surface area is 218 Å². The molecular formula is C28H24F9NO. The molecule has 0 saturated heterocycles. The number of Topliss-reactive ketones (excluding diaryl/α,β-unsaturated/α-hetero) is 1. The number of rotatable bonds is 7. The molecule has 0 amide bonds. The molecule has 39 heavy (non-hydrogen) atoms. The summed E-state index contributed by atoms with van der Waals surface area (Å²) in [5.41, 5.74) is -3.61. The second-order valence-electron chi connectivity index (χ2n) is 9.59. The van der Waals surface area contributed by atoms with E-state index >= 15 is 0 Å². The number of carbonyl (C=O) groups excluding carboxylic acids is 1. The number of hydrogen-bond donors (Lipinski definition) is 1. The van der Waals surface area contributed by atoms with E-state index in [4.69, 9.17) is 0 Å². The fourth-order valence-electron chi connectivity index (χ4n) is 4.18. The molecule has 1 unspecified atom stereocenters. The van der Waals surface area contributed by atoms with Gasteiger partial charge < -0.3 is 5.32 Å². The monoisotopic (exact) mass is 561 g/mol. The van der Waals surface area contributed by atoms with E-state index in [2.05, 4.69) is 5.32 Å². The summed E-state index contributed by atoms with van der Waals surface area (Å²) in [5.74, 6) is -0.928. The molecule has 0 heterocycles. The van der Waals surface area contributed by atoms with Gasteiger partial charge in [0.2, 0.25) is 0 Å². The molecule has 0 saturated carbocycles. The minimum Gasteiger partial charge on any atom is -0.355 e. The summed E-state index contributed by atoms with van der Waals surface area (Å²) in [7, 11) is 0. The number of benzene rings is 3. The SMILES string of the molecule is CC(=O)C(CC(C)C)c1cc(Nc2cc(C(F)(F)F)ccc2C(F)(F)F)cc(-c2ccc(C(F)(F)F)cc2)c1. The number of ketones is 1. The van der Waals surface area contributed by atoms with Crippen LogP contribution < -0.4 is 5.32 Å². The number of alkyl halides is 9. The molecule has 2 nitrogen and oxygen atoms in total. The third kappa shape index (κ3) is 7.54. The Bertz CT molecular complexity index is 1320. The molecule has 0 fully saturated rings. The first-order valence-corrected chi connectivity index (χ1v) is 11.7. The number of nitrogens with one attached hydrogen (secondary N) is 1. The maximum atomic E-state index is 13.7. The summed E-state index contributed by atoms with van der Waals surface area (Å²) in [6.07, 6.45) is -14.1. The Hall–Kier alpha value is -3.50. The van der Waals surface area contributed by atoms with E-state index in [-0.39, 0.29) is 28.5 Å². The van der Waals surface area contributed by atoms with Crippen LogP contribution in [-0.4, -0.2) is 5.78 Å². The van der Waals surface area contributed by atoms with Crippen LogP contribution in [-0.2, 0) is 23.3 Å². The molecule has 1 atom stereocenters. The molecule has 11 heteroatoms. The lowest BCUT2D eigenvalue weighted by Crippen LogP contribution is -2.13. The van der Waals surface area contributed by atoms with Crippen LogP contribution in [0.15, 0.2) is 60.7 Å². The van der Waals surface area contributed by atoms with Gasteiger partial charge in [-0.25, -0.2) is 0 Å². The molecule has 210 valence electrons. The van der Waals surface area contributed by atoms with E-state index in [0.29, 0.717) is 30.2 Å². The second-order valence-corrected chi connectivity index (χ2v) is 9.59. The Morgan fingerprint density at radius 3 is 1.77 bits per heavy atom. The number of hydrogen-bond acceptors (Lipinski definition) is 2. The summed E-state index contributed by atoms with van der Waals surface area (Å²) >= 11 is 0. The van der Waals surface area contributed by atoms with Gasteiger partial charge in [-0.3, -0.25) is 4.79 Å². The Kier molecular flexibility index (Phi) is 8.43. The Balaban J connectivity index is 2.20. The van der Waals surface area contributed by atoms with Gasteiger partial charge in [-0.15, -0.1) is 0 Å². The van der Waals surface area contributed by atoms with Crippen LogP contribution in [0.5, 0.6) is 0 Å². The van der Waals surface area contributed by atoms with E-state index in [0.717, 1.165) is 12.1 Å². The van der Waals surface area contributed by atoms with E-state index in [1.807, 2.05) is 13.8 Å². The highest BCUT2D eigenvalue weighted by Gasteiger charge is 2.37. The zero-order chi connectivity index (χ0) is 29.3. The van der Waals surface area contributed by atoms with Crippen molar-refractivity contribution in [2.24, 2.45) is 5.92 Å². The molecule has 3 aromatic rings. The number of carbonyl (C=O) groups is 1. The highest BCUT2D eigenvalue weighted by molar-refractivity contribution is 5.85. The fraction of sp³-hybridized carbons (Fsp3) is 0.321. The van der Waals surface area contributed by atoms with Crippen molar-refractivity contribution in [3.05, 3.63) is 82.9 Å². The van der Waals surface area contributed by atoms with Gasteiger partial charge in [-0.1, -0.05) is 32.0 Å². The molecule has 3 aromatic carbocycles. The predicted molar refractivity (Wildman–Crippen MR) is 129 cm³/mol. The first-order chi connectivity index (χ1) is 17.9. The van der Waals surface area contributed by atoms with Crippen molar-refractivity contribution in [1.82, 2.24) is 0 Å². The first-order valence-electron chi connectivity index (χ1n) is 11.7. The van der Waals surface area contributed by atoms with Crippen molar-refractivity contribution in [2.45, 2.75) is 51.6 Å². The maximum Gasteiger partial charge on any atom is 0.418 e. The third-order valence-electron chi connectivity index (χ3n) is 6.03. The maximum absolute atomic E-state index is 13.7. The average molecular weight is 561 g/mol. The van der Waals surface area contributed by atoms with Crippen LogP contribution in [0.25, 0.3) is 11.1 Å². The molecule has 0 bridgehead atoms. The van der Waals surface area contributed by atoms with Gasteiger partial charge in [-0.05, 0) is 78.4 Å². The lowest BCUT2D eigenvalue weighted by Gasteiger charge is -2.21. The van der Waals surface area contributed by atoms with Gasteiger partial charge in [0, 0.05) is 11.6 Å². The zero-order valence-electron chi connectivity index (χ0n) is 20.9. The Morgan fingerprint density at radius 2 is 1.28 bits per heavy atom. The summed E-state index contributed by atoms with van der Waals surface area (Å²) < 4.78 is 120. The minimum atomic E-state index is -4.99. The molecule has 0 aliphatic rings. The molecule has 1 N–H and O–H groups in total. The van der Waals surface area contributed by atoms with Gasteiger partial charge in [0.25, 0.3) is 0 Å². The van der Waals surface area contributed by atoms with Crippen LogP contribution in [0, 0.1) is 5.92 Å². The van der Waals surface area contributed by atoms with E-state index in [9.17, 15) is 44.3 Å². The van der Waals surface area contributed by atoms with Crippen LogP contribution in [0.3, 0.4) is 0 Å². The van der Waals surface area contributed by atoms with Crippen molar-refractivity contribution in [1.29, 1.82) is 0 Å². The van der Waals surface area contributed by atoms with Gasteiger partial charge in [0.15, 0.2) is 0 Å². The molecule has 0 aromatic heterocycles. The van der Waals surface area contributed by atoms with E-state index < -0.39 is 46.8 Å². The van der Waals surface area contributed by atoms with Gasteiger partial charge in [0.05, 0.1) is 22.4 Å². The second kappa shape index (κ2) is 10.9. The molecule has 0 spiro atoms. The average Bonchev–Trinajstić information content (AvgIpc) is 2.80. The predicted octanol–water partition coefficient (Wildman–Crippen LogP) is 9.87. The number of halogens is 9. The van der Waals surface area contributed by atoms with Crippen LogP contribution >= 0.6 is 0 Å². The minimum absolute atomic E-state index is 0.0327. The molecule has 3 rings (SSSR count). The summed E-state index contributed by atoms with van der Waals surface area (Å²) in [5, 5.41) is 2.41. The quantitative estimate of drug-likeness (QED) is 0.291. The topological polar surface area (TPSA) is 29.1 Å².